The quantitative estimate of drug-likeness (QED) is 0.414. The van der Waals surface area contributed by atoms with Gasteiger partial charge < -0.3 is 10.2 Å². The molecule has 5 aromatic rings. The van der Waals surface area contributed by atoms with E-state index in [1.165, 1.54) is 5.56 Å². The lowest BCUT2D eigenvalue weighted by atomic mass is 10.0. The van der Waals surface area contributed by atoms with E-state index in [1.54, 1.807) is 16.5 Å². The molecule has 0 spiro atoms. The molecule has 0 amide bonds. The van der Waals surface area contributed by atoms with Crippen LogP contribution in [0.15, 0.2) is 97.2 Å². The molecule has 0 saturated heterocycles. The van der Waals surface area contributed by atoms with E-state index in [9.17, 15) is 10.2 Å². The van der Waals surface area contributed by atoms with Gasteiger partial charge in [0.05, 0.1) is 0 Å². The Bertz CT molecular complexity index is 1310. The third kappa shape index (κ3) is 3.29. The van der Waals surface area contributed by atoms with Gasteiger partial charge >= 0.3 is 0 Å². The summed E-state index contributed by atoms with van der Waals surface area (Å²) in [5, 5.41) is 20.7. The molecule has 0 aliphatic rings. The summed E-state index contributed by atoms with van der Waals surface area (Å²) in [7, 11) is 0. The van der Waals surface area contributed by atoms with Crippen molar-refractivity contribution in [1.82, 2.24) is 9.38 Å². The first-order valence-electron chi connectivity index (χ1n) is 9.82. The topological polar surface area (TPSA) is 57.8 Å². The van der Waals surface area contributed by atoms with E-state index in [0.717, 1.165) is 27.9 Å². The maximum absolute atomic E-state index is 11.0. The van der Waals surface area contributed by atoms with Gasteiger partial charge in [0.2, 0.25) is 5.88 Å². The second kappa shape index (κ2) is 7.41. The molecule has 0 saturated carbocycles. The van der Waals surface area contributed by atoms with Gasteiger partial charge in [0, 0.05) is 23.7 Å². The predicted octanol–water partition coefficient (Wildman–Crippen LogP) is 5.67. The van der Waals surface area contributed by atoms with Gasteiger partial charge in [-0.2, -0.15) is 0 Å². The molecule has 0 fully saturated rings. The number of benzene rings is 3. The number of phenols is 1. The molecule has 0 aliphatic heterocycles. The normalized spacial score (nSPS) is 11.1. The van der Waals surface area contributed by atoms with Crippen LogP contribution in [0, 0.1) is 0 Å². The molecule has 0 aliphatic carbocycles. The van der Waals surface area contributed by atoms with Gasteiger partial charge in [-0.1, -0.05) is 72.8 Å². The zero-order chi connectivity index (χ0) is 20.5. The lowest BCUT2D eigenvalue weighted by molar-refractivity contribution is 0.450. The van der Waals surface area contributed by atoms with Crippen molar-refractivity contribution in [3.63, 3.8) is 0 Å². The van der Waals surface area contributed by atoms with Crippen LogP contribution in [0.5, 0.6) is 11.6 Å². The Hall–Kier alpha value is -4.05. The summed E-state index contributed by atoms with van der Waals surface area (Å²) in [6.07, 6.45) is 2.59. The number of hydrogen-bond acceptors (Lipinski definition) is 3. The average molecular weight is 392 g/mol. The van der Waals surface area contributed by atoms with Crippen LogP contribution >= 0.6 is 0 Å². The van der Waals surface area contributed by atoms with Crippen LogP contribution in [0.25, 0.3) is 28.0 Å². The molecule has 0 atom stereocenters. The lowest BCUT2D eigenvalue weighted by Crippen LogP contribution is -1.96. The van der Waals surface area contributed by atoms with E-state index < -0.39 is 0 Å². The Morgan fingerprint density at radius 2 is 1.37 bits per heavy atom. The van der Waals surface area contributed by atoms with Gasteiger partial charge in [-0.25, -0.2) is 4.98 Å². The Morgan fingerprint density at radius 1 is 0.700 bits per heavy atom. The average Bonchev–Trinajstić information content (AvgIpc) is 3.12. The fourth-order valence-corrected chi connectivity index (χ4v) is 3.75. The minimum absolute atomic E-state index is 0.117. The summed E-state index contributed by atoms with van der Waals surface area (Å²) < 4.78 is 1.75. The number of aromatic nitrogens is 2. The van der Waals surface area contributed by atoms with Gasteiger partial charge in [-0.15, -0.1) is 0 Å². The number of pyridine rings is 1. The maximum atomic E-state index is 11.0. The first-order chi connectivity index (χ1) is 14.7. The minimum atomic E-state index is 0.117. The van der Waals surface area contributed by atoms with Crippen molar-refractivity contribution in [3.05, 3.63) is 108 Å². The molecule has 4 heteroatoms. The molecule has 5 rings (SSSR count). The van der Waals surface area contributed by atoms with Gasteiger partial charge in [0.25, 0.3) is 0 Å². The largest absolute Gasteiger partial charge is 0.508 e. The number of imidazole rings is 1. The molecule has 2 heterocycles. The van der Waals surface area contributed by atoms with Crippen molar-refractivity contribution in [1.29, 1.82) is 0 Å². The zero-order valence-corrected chi connectivity index (χ0v) is 16.2. The second-order valence-corrected chi connectivity index (χ2v) is 7.31. The Labute approximate surface area is 174 Å². The van der Waals surface area contributed by atoms with Gasteiger partial charge in [0.1, 0.15) is 17.1 Å². The first kappa shape index (κ1) is 18.0. The summed E-state index contributed by atoms with van der Waals surface area (Å²) in [4.78, 5) is 4.80. The number of nitrogens with zero attached hydrogens (tertiary/aromatic N) is 2. The van der Waals surface area contributed by atoms with Crippen LogP contribution < -0.4 is 0 Å². The molecule has 0 unspecified atom stereocenters. The standard InChI is InChI=1S/C26H20N2O2/c29-23-13-11-19(12-14-23)22-16-21(15-18-7-3-1-4-8-18)25-27-24(26(30)28(25)17-22)20-9-5-2-6-10-20/h1-14,16-17,29-30H,15H2. The van der Waals surface area contributed by atoms with Crippen molar-refractivity contribution < 1.29 is 10.2 Å². The maximum Gasteiger partial charge on any atom is 0.224 e. The van der Waals surface area contributed by atoms with Crippen LogP contribution in [0.1, 0.15) is 11.1 Å². The molecule has 0 bridgehead atoms. The molecule has 0 radical (unpaired) electrons. The third-order valence-electron chi connectivity index (χ3n) is 5.26. The van der Waals surface area contributed by atoms with Crippen LogP contribution in [0.2, 0.25) is 0 Å². The fourth-order valence-electron chi connectivity index (χ4n) is 3.75. The number of fused-ring (bicyclic) bond motifs is 1. The van der Waals surface area contributed by atoms with E-state index in [4.69, 9.17) is 4.98 Å². The molecule has 2 N–H and O–H groups in total. The number of aromatic hydroxyl groups is 2. The SMILES string of the molecule is Oc1ccc(-c2cc(Cc3ccccc3)c3nc(-c4ccccc4)c(O)n3c2)cc1. The second-order valence-electron chi connectivity index (χ2n) is 7.31. The molecule has 2 aromatic heterocycles. The summed E-state index contributed by atoms with van der Waals surface area (Å²) >= 11 is 0. The number of hydrogen-bond donors (Lipinski definition) is 2. The van der Waals surface area contributed by atoms with E-state index in [2.05, 4.69) is 18.2 Å². The number of phenolic OH excluding ortho intramolecular Hbond substituents is 1. The molecule has 146 valence electrons. The summed E-state index contributed by atoms with van der Waals surface area (Å²) in [5.41, 5.74) is 6.26. The van der Waals surface area contributed by atoms with E-state index in [-0.39, 0.29) is 11.6 Å². The number of rotatable bonds is 4. The van der Waals surface area contributed by atoms with E-state index in [1.807, 2.05) is 66.9 Å². The van der Waals surface area contributed by atoms with Crippen LogP contribution in [0.4, 0.5) is 0 Å². The van der Waals surface area contributed by atoms with Crippen molar-refractivity contribution in [2.45, 2.75) is 6.42 Å². The van der Waals surface area contributed by atoms with E-state index >= 15 is 0 Å². The summed E-state index contributed by atoms with van der Waals surface area (Å²) in [6, 6.07) is 29.1. The predicted molar refractivity (Wildman–Crippen MR) is 119 cm³/mol. The van der Waals surface area contributed by atoms with Crippen LogP contribution in [0.3, 0.4) is 0 Å². The Balaban J connectivity index is 1.73. The Morgan fingerprint density at radius 3 is 2.07 bits per heavy atom. The third-order valence-corrected chi connectivity index (χ3v) is 5.26. The molecular weight excluding hydrogens is 372 g/mol. The highest BCUT2D eigenvalue weighted by Crippen LogP contribution is 2.34. The molecular formula is C26H20N2O2. The summed E-state index contributed by atoms with van der Waals surface area (Å²) in [5.74, 6) is 0.340. The van der Waals surface area contributed by atoms with Crippen molar-refractivity contribution in [2.75, 3.05) is 0 Å². The zero-order valence-electron chi connectivity index (χ0n) is 16.2. The van der Waals surface area contributed by atoms with Gasteiger partial charge in [0.15, 0.2) is 0 Å². The van der Waals surface area contributed by atoms with Crippen molar-refractivity contribution in [3.8, 4) is 34.0 Å². The lowest BCUT2D eigenvalue weighted by Gasteiger charge is -2.09. The molecule has 4 nitrogen and oxygen atoms in total. The highest BCUT2D eigenvalue weighted by molar-refractivity contribution is 5.74. The Kier molecular flexibility index (Phi) is 4.45. The monoisotopic (exact) mass is 392 g/mol. The molecule has 30 heavy (non-hydrogen) atoms. The fraction of sp³-hybridized carbons (Fsp3) is 0.0385. The first-order valence-corrected chi connectivity index (χ1v) is 9.82. The van der Waals surface area contributed by atoms with Gasteiger partial charge in [-0.05, 0) is 34.9 Å². The van der Waals surface area contributed by atoms with E-state index in [0.29, 0.717) is 12.1 Å². The highest BCUT2D eigenvalue weighted by Gasteiger charge is 2.17. The van der Waals surface area contributed by atoms with Crippen molar-refractivity contribution in [2.24, 2.45) is 0 Å². The highest BCUT2D eigenvalue weighted by atomic mass is 16.3. The smallest absolute Gasteiger partial charge is 0.224 e. The van der Waals surface area contributed by atoms with Crippen molar-refractivity contribution >= 4 is 5.65 Å². The van der Waals surface area contributed by atoms with Crippen LogP contribution in [-0.2, 0) is 6.42 Å². The summed E-state index contributed by atoms with van der Waals surface area (Å²) in [6.45, 7) is 0. The molecule has 3 aromatic carbocycles. The van der Waals surface area contributed by atoms with Gasteiger partial charge in [-0.3, -0.25) is 4.40 Å². The minimum Gasteiger partial charge on any atom is -0.508 e. The van der Waals surface area contributed by atoms with Crippen LogP contribution in [-0.4, -0.2) is 19.6 Å².